The summed E-state index contributed by atoms with van der Waals surface area (Å²) in [7, 11) is 0. The molecular weight excluding hydrogens is 214 g/mol. The van der Waals surface area contributed by atoms with Crippen molar-refractivity contribution in [3.05, 3.63) is 5.01 Å². The van der Waals surface area contributed by atoms with E-state index in [1.54, 1.807) is 0 Å². The second-order valence-corrected chi connectivity index (χ2v) is 5.00. The maximum atomic E-state index is 10.2. The van der Waals surface area contributed by atoms with Gasteiger partial charge in [0, 0.05) is 32.6 Å². The zero-order valence-corrected chi connectivity index (χ0v) is 9.51. The van der Waals surface area contributed by atoms with Crippen molar-refractivity contribution in [2.45, 2.75) is 25.4 Å². The van der Waals surface area contributed by atoms with Crippen LogP contribution in [-0.2, 0) is 4.74 Å². The molecule has 1 saturated heterocycles. The van der Waals surface area contributed by atoms with Gasteiger partial charge < -0.3 is 15.2 Å². The molecule has 2 N–H and O–H groups in total. The fraction of sp³-hybridized carbons (Fsp3) is 0.778. The zero-order valence-electron chi connectivity index (χ0n) is 8.69. The Morgan fingerprint density at radius 2 is 2.20 bits per heavy atom. The highest BCUT2D eigenvalue weighted by Gasteiger charge is 2.29. The van der Waals surface area contributed by atoms with Crippen LogP contribution in [0.4, 0.5) is 5.13 Å². The number of hydrogen-bond donors (Lipinski definition) is 2. The van der Waals surface area contributed by atoms with Crippen LogP contribution in [0.5, 0.6) is 0 Å². The van der Waals surface area contributed by atoms with E-state index >= 15 is 0 Å². The first-order valence-corrected chi connectivity index (χ1v) is 5.84. The lowest BCUT2D eigenvalue weighted by atomic mass is 9.95. The number of anilines is 1. The minimum Gasteiger partial charge on any atom is -0.388 e. The monoisotopic (exact) mass is 229 g/mol. The Labute approximate surface area is 92.5 Å². The fourth-order valence-electron chi connectivity index (χ4n) is 1.54. The second-order valence-electron chi connectivity index (χ2n) is 3.82. The largest absolute Gasteiger partial charge is 0.388 e. The lowest BCUT2D eigenvalue weighted by Gasteiger charge is -2.31. The average molecular weight is 229 g/mol. The standard InChI is InChI=1S/C9H15N3O2S/c1-7-11-12-8(15-7)10-6-9(13)2-4-14-5-3-9/h13H,2-6H2,1H3,(H,10,12). The molecule has 2 heterocycles. The van der Waals surface area contributed by atoms with E-state index < -0.39 is 5.60 Å². The average Bonchev–Trinajstić information content (AvgIpc) is 2.63. The number of aliphatic hydroxyl groups is 1. The normalized spacial score (nSPS) is 20.1. The van der Waals surface area contributed by atoms with E-state index in [1.165, 1.54) is 11.3 Å². The van der Waals surface area contributed by atoms with E-state index in [0.717, 1.165) is 10.1 Å². The van der Waals surface area contributed by atoms with E-state index in [1.807, 2.05) is 6.92 Å². The van der Waals surface area contributed by atoms with Crippen LogP contribution in [0, 0.1) is 6.92 Å². The molecule has 1 aromatic heterocycles. The molecule has 0 radical (unpaired) electrons. The molecule has 5 nitrogen and oxygen atoms in total. The van der Waals surface area contributed by atoms with Crippen LogP contribution in [0.15, 0.2) is 0 Å². The van der Waals surface area contributed by atoms with Gasteiger partial charge in [0.2, 0.25) is 5.13 Å². The molecule has 6 heteroatoms. The van der Waals surface area contributed by atoms with Crippen molar-refractivity contribution in [3.8, 4) is 0 Å². The van der Waals surface area contributed by atoms with Gasteiger partial charge in [-0.3, -0.25) is 0 Å². The van der Waals surface area contributed by atoms with Crippen LogP contribution in [0.25, 0.3) is 0 Å². The Hall–Kier alpha value is -0.720. The fourth-order valence-corrected chi connectivity index (χ4v) is 2.12. The highest BCUT2D eigenvalue weighted by Crippen LogP contribution is 2.22. The predicted molar refractivity (Wildman–Crippen MR) is 58.1 cm³/mol. The Balaban J connectivity index is 1.86. The van der Waals surface area contributed by atoms with E-state index in [-0.39, 0.29) is 0 Å². The van der Waals surface area contributed by atoms with Crippen molar-refractivity contribution in [2.75, 3.05) is 25.1 Å². The summed E-state index contributed by atoms with van der Waals surface area (Å²) in [6.45, 7) is 3.69. The highest BCUT2D eigenvalue weighted by molar-refractivity contribution is 7.15. The molecule has 0 aliphatic carbocycles. The van der Waals surface area contributed by atoms with E-state index in [2.05, 4.69) is 15.5 Å². The van der Waals surface area contributed by atoms with Crippen LogP contribution >= 0.6 is 11.3 Å². The molecule has 0 saturated carbocycles. The summed E-state index contributed by atoms with van der Waals surface area (Å²) in [5.74, 6) is 0. The third-order valence-electron chi connectivity index (χ3n) is 2.52. The topological polar surface area (TPSA) is 67.3 Å². The van der Waals surface area contributed by atoms with Gasteiger partial charge in [-0.1, -0.05) is 11.3 Å². The first kappa shape index (κ1) is 10.8. The number of nitrogens with zero attached hydrogens (tertiary/aromatic N) is 2. The Morgan fingerprint density at radius 1 is 1.47 bits per heavy atom. The Morgan fingerprint density at radius 3 is 2.80 bits per heavy atom. The van der Waals surface area contributed by atoms with Gasteiger partial charge in [0.15, 0.2) is 0 Å². The maximum absolute atomic E-state index is 10.2. The third-order valence-corrected chi connectivity index (χ3v) is 3.31. The highest BCUT2D eigenvalue weighted by atomic mass is 32.1. The third kappa shape index (κ3) is 2.87. The van der Waals surface area contributed by atoms with Crippen LogP contribution in [0.1, 0.15) is 17.8 Å². The van der Waals surface area contributed by atoms with Gasteiger partial charge in [0.1, 0.15) is 5.01 Å². The lowest BCUT2D eigenvalue weighted by Crippen LogP contribution is -2.42. The van der Waals surface area contributed by atoms with Crippen LogP contribution < -0.4 is 5.32 Å². The molecule has 0 aromatic carbocycles. The molecule has 0 unspecified atom stereocenters. The molecule has 15 heavy (non-hydrogen) atoms. The van der Waals surface area contributed by atoms with Crippen molar-refractivity contribution in [3.63, 3.8) is 0 Å². The number of rotatable bonds is 3. The van der Waals surface area contributed by atoms with Crippen molar-refractivity contribution in [2.24, 2.45) is 0 Å². The van der Waals surface area contributed by atoms with Gasteiger partial charge in [-0.15, -0.1) is 10.2 Å². The summed E-state index contributed by atoms with van der Waals surface area (Å²) in [6.07, 6.45) is 1.36. The summed E-state index contributed by atoms with van der Waals surface area (Å²) in [5.41, 5.74) is -0.655. The quantitative estimate of drug-likeness (QED) is 0.802. The van der Waals surface area contributed by atoms with Gasteiger partial charge in [-0.05, 0) is 6.92 Å². The minimum atomic E-state index is -0.655. The molecule has 0 atom stereocenters. The molecule has 1 aromatic rings. The number of aryl methyl sites for hydroxylation is 1. The Kier molecular flexibility index (Phi) is 3.18. The zero-order chi connectivity index (χ0) is 10.7. The molecule has 1 aliphatic rings. The molecule has 84 valence electrons. The SMILES string of the molecule is Cc1nnc(NCC2(O)CCOCC2)s1. The summed E-state index contributed by atoms with van der Waals surface area (Å²) in [4.78, 5) is 0. The summed E-state index contributed by atoms with van der Waals surface area (Å²) >= 11 is 1.50. The smallest absolute Gasteiger partial charge is 0.205 e. The summed E-state index contributed by atoms with van der Waals surface area (Å²) < 4.78 is 5.21. The molecule has 2 rings (SSSR count). The second kappa shape index (κ2) is 4.42. The first-order chi connectivity index (χ1) is 7.18. The van der Waals surface area contributed by atoms with Gasteiger partial charge in [0.25, 0.3) is 0 Å². The van der Waals surface area contributed by atoms with Gasteiger partial charge in [-0.25, -0.2) is 0 Å². The van der Waals surface area contributed by atoms with E-state index in [9.17, 15) is 5.11 Å². The summed E-state index contributed by atoms with van der Waals surface area (Å²) in [6, 6.07) is 0. The van der Waals surface area contributed by atoms with E-state index in [4.69, 9.17) is 4.74 Å². The van der Waals surface area contributed by atoms with E-state index in [0.29, 0.717) is 32.6 Å². The minimum absolute atomic E-state index is 0.519. The predicted octanol–water partition coefficient (Wildman–Crippen LogP) is 0.800. The molecular formula is C9H15N3O2S. The van der Waals surface area contributed by atoms with Gasteiger partial charge in [-0.2, -0.15) is 0 Å². The number of nitrogens with one attached hydrogen (secondary N) is 1. The van der Waals surface area contributed by atoms with Gasteiger partial charge in [0.05, 0.1) is 5.60 Å². The number of hydrogen-bond acceptors (Lipinski definition) is 6. The van der Waals surface area contributed by atoms with Crippen molar-refractivity contribution >= 4 is 16.5 Å². The first-order valence-electron chi connectivity index (χ1n) is 5.02. The molecule has 1 fully saturated rings. The van der Waals surface area contributed by atoms with Crippen molar-refractivity contribution < 1.29 is 9.84 Å². The van der Waals surface area contributed by atoms with Crippen LogP contribution in [0.3, 0.4) is 0 Å². The van der Waals surface area contributed by atoms with Crippen molar-refractivity contribution in [1.29, 1.82) is 0 Å². The number of ether oxygens (including phenoxy) is 1. The molecule has 1 aliphatic heterocycles. The molecule has 0 bridgehead atoms. The van der Waals surface area contributed by atoms with Crippen molar-refractivity contribution in [1.82, 2.24) is 10.2 Å². The van der Waals surface area contributed by atoms with Gasteiger partial charge >= 0.3 is 0 Å². The molecule has 0 spiro atoms. The van der Waals surface area contributed by atoms with Crippen LogP contribution in [0.2, 0.25) is 0 Å². The molecule has 0 amide bonds. The lowest BCUT2D eigenvalue weighted by molar-refractivity contribution is -0.0543. The maximum Gasteiger partial charge on any atom is 0.205 e. The number of aromatic nitrogens is 2. The summed E-state index contributed by atoms with van der Waals surface area (Å²) in [5, 5.41) is 22.8. The van der Waals surface area contributed by atoms with Crippen LogP contribution in [-0.4, -0.2) is 40.7 Å². The Bertz CT molecular complexity index is 323.